The van der Waals surface area contributed by atoms with Gasteiger partial charge in [0.05, 0.1) is 14.2 Å². The fourth-order valence-corrected chi connectivity index (χ4v) is 5.11. The second kappa shape index (κ2) is 9.21. The molecule has 2 aromatic carbocycles. The van der Waals surface area contributed by atoms with Crippen molar-refractivity contribution in [3.8, 4) is 11.5 Å². The number of hydrogen-bond acceptors (Lipinski definition) is 3. The van der Waals surface area contributed by atoms with Gasteiger partial charge in [-0.15, -0.1) is 0 Å². The van der Waals surface area contributed by atoms with Gasteiger partial charge in [0.15, 0.2) is 0 Å². The van der Waals surface area contributed by atoms with Crippen LogP contribution in [0.2, 0.25) is 0 Å². The molecule has 184 valence electrons. The van der Waals surface area contributed by atoms with Crippen LogP contribution in [0.25, 0.3) is 0 Å². The van der Waals surface area contributed by atoms with Crippen molar-refractivity contribution in [2.45, 2.75) is 115 Å². The lowest BCUT2D eigenvalue weighted by Gasteiger charge is -2.31. The van der Waals surface area contributed by atoms with Crippen LogP contribution in [0, 0.1) is 0 Å². The summed E-state index contributed by atoms with van der Waals surface area (Å²) in [6.45, 7) is 27.1. The van der Waals surface area contributed by atoms with Crippen molar-refractivity contribution >= 4 is 11.8 Å². The maximum Gasteiger partial charge on any atom is 0.126 e. The van der Waals surface area contributed by atoms with Gasteiger partial charge in [0.25, 0.3) is 0 Å². The Bertz CT molecular complexity index is 838. The molecule has 3 heteroatoms. The molecule has 0 atom stereocenters. The van der Waals surface area contributed by atoms with E-state index in [-0.39, 0.29) is 21.7 Å². The zero-order valence-electron chi connectivity index (χ0n) is 23.5. The average molecular weight is 471 g/mol. The molecular weight excluding hydrogens is 424 g/mol. The van der Waals surface area contributed by atoms with Gasteiger partial charge >= 0.3 is 0 Å². The average Bonchev–Trinajstić information content (AvgIpc) is 2.63. The van der Waals surface area contributed by atoms with E-state index in [0.29, 0.717) is 0 Å². The summed E-state index contributed by atoms with van der Waals surface area (Å²) >= 11 is 1.84. The van der Waals surface area contributed by atoms with Gasteiger partial charge in [-0.25, -0.2) is 0 Å². The van der Waals surface area contributed by atoms with Crippen LogP contribution in [0.1, 0.15) is 105 Å². The maximum atomic E-state index is 5.97. The van der Waals surface area contributed by atoms with E-state index in [4.69, 9.17) is 9.47 Å². The van der Waals surface area contributed by atoms with Crippen LogP contribution in [-0.2, 0) is 21.7 Å². The zero-order valence-corrected chi connectivity index (χ0v) is 24.4. The quantitative estimate of drug-likeness (QED) is 0.444. The van der Waals surface area contributed by atoms with Crippen LogP contribution < -0.4 is 9.47 Å². The Morgan fingerprint density at radius 3 is 0.818 bits per heavy atom. The third-order valence-electron chi connectivity index (χ3n) is 6.00. The molecule has 0 heterocycles. The Balaban J connectivity index is 2.79. The number of methoxy groups -OCH3 is 2. The van der Waals surface area contributed by atoms with Gasteiger partial charge in [0.1, 0.15) is 11.5 Å². The third-order valence-corrected chi connectivity index (χ3v) is 6.94. The Morgan fingerprint density at radius 2 is 0.667 bits per heavy atom. The van der Waals surface area contributed by atoms with E-state index >= 15 is 0 Å². The Hall–Kier alpha value is -1.61. The van der Waals surface area contributed by atoms with E-state index in [2.05, 4.69) is 107 Å². The fraction of sp³-hybridized carbons (Fsp3) is 0.600. The molecule has 0 bridgehead atoms. The first kappa shape index (κ1) is 27.6. The molecule has 0 radical (unpaired) electrons. The Kier molecular flexibility index (Phi) is 7.71. The Labute approximate surface area is 207 Å². The van der Waals surface area contributed by atoms with Gasteiger partial charge in [-0.3, -0.25) is 0 Å². The number of benzene rings is 2. The first-order valence-corrected chi connectivity index (χ1v) is 12.8. The van der Waals surface area contributed by atoms with Crippen LogP contribution in [0.3, 0.4) is 0 Å². The summed E-state index contributed by atoms with van der Waals surface area (Å²) in [6, 6.07) is 9.26. The molecule has 0 aliphatic carbocycles. The highest BCUT2D eigenvalue weighted by Gasteiger charge is 2.30. The summed E-state index contributed by atoms with van der Waals surface area (Å²) in [5.41, 5.74) is 4.93. The van der Waals surface area contributed by atoms with E-state index in [1.165, 1.54) is 32.0 Å². The molecular formula is C30H46O2S. The predicted octanol–water partition coefficient (Wildman–Crippen LogP) is 9.05. The molecule has 2 rings (SSSR count). The summed E-state index contributed by atoms with van der Waals surface area (Å²) < 4.78 is 11.9. The molecule has 0 fully saturated rings. The lowest BCUT2D eigenvalue weighted by Crippen LogP contribution is -2.19. The third kappa shape index (κ3) is 6.29. The maximum absolute atomic E-state index is 5.97. The van der Waals surface area contributed by atoms with Crippen molar-refractivity contribution in [2.24, 2.45) is 0 Å². The van der Waals surface area contributed by atoms with Gasteiger partial charge in [0.2, 0.25) is 0 Å². The SMILES string of the molecule is COc1c(C(C)(C)C)cc(Sc2cc(C(C)(C)C)c(OC)c(C(C)(C)C)c2)cc1C(C)(C)C. The van der Waals surface area contributed by atoms with Crippen LogP contribution in [-0.4, -0.2) is 14.2 Å². The molecule has 0 saturated carbocycles. The summed E-state index contributed by atoms with van der Waals surface area (Å²) in [5.74, 6) is 2.03. The minimum Gasteiger partial charge on any atom is -0.496 e. The Morgan fingerprint density at radius 1 is 0.455 bits per heavy atom. The van der Waals surface area contributed by atoms with E-state index in [0.717, 1.165) is 11.5 Å². The molecule has 0 N–H and O–H groups in total. The van der Waals surface area contributed by atoms with Crippen LogP contribution in [0.4, 0.5) is 0 Å². The fourth-order valence-electron chi connectivity index (χ4n) is 4.13. The highest BCUT2D eigenvalue weighted by molar-refractivity contribution is 7.99. The predicted molar refractivity (Wildman–Crippen MR) is 145 cm³/mol. The summed E-state index contributed by atoms with van der Waals surface area (Å²) in [6.07, 6.45) is 0. The van der Waals surface area contributed by atoms with Gasteiger partial charge in [-0.2, -0.15) is 0 Å². The van der Waals surface area contributed by atoms with Crippen molar-refractivity contribution in [3.63, 3.8) is 0 Å². The van der Waals surface area contributed by atoms with E-state index in [9.17, 15) is 0 Å². The van der Waals surface area contributed by atoms with Crippen molar-refractivity contribution in [1.82, 2.24) is 0 Å². The van der Waals surface area contributed by atoms with E-state index < -0.39 is 0 Å². The van der Waals surface area contributed by atoms with Crippen molar-refractivity contribution in [2.75, 3.05) is 14.2 Å². The molecule has 0 amide bonds. The van der Waals surface area contributed by atoms with E-state index in [1.807, 2.05) is 11.8 Å². The van der Waals surface area contributed by atoms with Crippen LogP contribution in [0.15, 0.2) is 34.1 Å². The second-order valence-corrected chi connectivity index (χ2v) is 14.4. The lowest BCUT2D eigenvalue weighted by molar-refractivity contribution is 0.380. The molecule has 0 aromatic heterocycles. The highest BCUT2D eigenvalue weighted by atomic mass is 32.2. The number of rotatable bonds is 4. The standard InChI is InChI=1S/C30H46O2S/c1-27(2,3)21-15-19(16-22(25(21)31-13)28(4,5)6)33-20-17-23(29(7,8)9)26(32-14)24(18-20)30(10,11)12/h15-18H,1-14H3. The molecule has 0 unspecified atom stereocenters. The van der Waals surface area contributed by atoms with Crippen LogP contribution >= 0.6 is 11.8 Å². The molecule has 0 spiro atoms. The molecule has 2 aromatic rings. The first-order valence-electron chi connectivity index (χ1n) is 11.9. The molecule has 2 nitrogen and oxygen atoms in total. The molecule has 0 saturated heterocycles. The number of ether oxygens (including phenoxy) is 2. The monoisotopic (exact) mass is 470 g/mol. The van der Waals surface area contributed by atoms with Crippen molar-refractivity contribution < 1.29 is 9.47 Å². The van der Waals surface area contributed by atoms with Crippen molar-refractivity contribution in [1.29, 1.82) is 0 Å². The minimum atomic E-state index is -0.0189. The molecule has 0 aliphatic heterocycles. The minimum absolute atomic E-state index is 0.0189. The lowest BCUT2D eigenvalue weighted by atomic mass is 9.79. The summed E-state index contributed by atoms with van der Waals surface area (Å²) in [7, 11) is 3.59. The normalized spacial score (nSPS) is 13.3. The van der Waals surface area contributed by atoms with E-state index in [1.54, 1.807) is 14.2 Å². The second-order valence-electron chi connectivity index (χ2n) is 13.2. The van der Waals surface area contributed by atoms with Gasteiger partial charge in [-0.1, -0.05) is 94.8 Å². The summed E-state index contributed by atoms with van der Waals surface area (Å²) in [4.78, 5) is 2.49. The van der Waals surface area contributed by atoms with Gasteiger partial charge in [-0.05, 0) is 45.9 Å². The topological polar surface area (TPSA) is 18.5 Å². The largest absolute Gasteiger partial charge is 0.496 e. The number of hydrogen-bond donors (Lipinski definition) is 0. The zero-order chi connectivity index (χ0) is 25.6. The van der Waals surface area contributed by atoms with Crippen LogP contribution in [0.5, 0.6) is 11.5 Å². The molecule has 33 heavy (non-hydrogen) atoms. The smallest absolute Gasteiger partial charge is 0.126 e. The highest BCUT2D eigenvalue weighted by Crippen LogP contribution is 2.46. The van der Waals surface area contributed by atoms with Gasteiger partial charge < -0.3 is 9.47 Å². The molecule has 0 aliphatic rings. The summed E-state index contributed by atoms with van der Waals surface area (Å²) in [5, 5.41) is 0. The van der Waals surface area contributed by atoms with Crippen molar-refractivity contribution in [3.05, 3.63) is 46.5 Å². The van der Waals surface area contributed by atoms with Gasteiger partial charge in [0, 0.05) is 32.0 Å². The first-order chi connectivity index (χ1) is 14.8.